The van der Waals surface area contributed by atoms with Gasteiger partial charge in [-0.25, -0.2) is 8.78 Å². The fourth-order valence-corrected chi connectivity index (χ4v) is 2.13. The molecule has 2 nitrogen and oxygen atoms in total. The number of ether oxygens (including phenoxy) is 1. The van der Waals surface area contributed by atoms with Crippen LogP contribution in [-0.4, -0.2) is 7.11 Å². The number of benzene rings is 2. The average Bonchev–Trinajstić information content (AvgIpc) is 2.38. The van der Waals surface area contributed by atoms with Gasteiger partial charge in [0.1, 0.15) is 5.82 Å². The molecule has 0 amide bonds. The van der Waals surface area contributed by atoms with Gasteiger partial charge in [0.15, 0.2) is 11.6 Å². The van der Waals surface area contributed by atoms with Crippen LogP contribution in [0.2, 0.25) is 5.02 Å². The maximum atomic E-state index is 14.1. The van der Waals surface area contributed by atoms with Crippen molar-refractivity contribution in [1.29, 1.82) is 0 Å². The summed E-state index contributed by atoms with van der Waals surface area (Å²) in [6.07, 6.45) is 0. The molecule has 0 heterocycles. The molecule has 0 aromatic heterocycles. The van der Waals surface area contributed by atoms with Gasteiger partial charge in [-0.2, -0.15) is 0 Å². The Balaban J connectivity index is 2.47. The van der Waals surface area contributed by atoms with Crippen molar-refractivity contribution in [3.63, 3.8) is 0 Å². The molecule has 0 aliphatic rings. The van der Waals surface area contributed by atoms with E-state index in [-0.39, 0.29) is 16.3 Å². The molecular weight excluding hydrogens is 272 g/mol. The molecule has 2 aromatic rings. The summed E-state index contributed by atoms with van der Waals surface area (Å²) in [6, 6.07) is 7.72. The van der Waals surface area contributed by atoms with Crippen LogP contribution in [0, 0.1) is 11.6 Å². The van der Waals surface area contributed by atoms with E-state index in [9.17, 15) is 8.78 Å². The third-order valence-corrected chi connectivity index (χ3v) is 3.17. The summed E-state index contributed by atoms with van der Waals surface area (Å²) in [4.78, 5) is 0. The van der Waals surface area contributed by atoms with E-state index in [0.29, 0.717) is 5.56 Å². The number of rotatable bonds is 3. The fraction of sp³-hybridized carbons (Fsp3) is 0.143. The number of methoxy groups -OCH3 is 1. The van der Waals surface area contributed by atoms with Crippen LogP contribution in [0.3, 0.4) is 0 Å². The Labute approximate surface area is 114 Å². The van der Waals surface area contributed by atoms with Crippen LogP contribution in [0.4, 0.5) is 8.78 Å². The van der Waals surface area contributed by atoms with Crippen LogP contribution in [0.5, 0.6) is 5.75 Å². The topological polar surface area (TPSA) is 35.2 Å². The molecule has 0 saturated heterocycles. The van der Waals surface area contributed by atoms with E-state index in [4.69, 9.17) is 22.1 Å². The van der Waals surface area contributed by atoms with E-state index in [1.165, 1.54) is 25.3 Å². The predicted octanol–water partition coefficient (Wildman–Crippen LogP) is 3.67. The molecule has 2 rings (SSSR count). The van der Waals surface area contributed by atoms with Crippen molar-refractivity contribution in [3.05, 3.63) is 64.2 Å². The van der Waals surface area contributed by atoms with E-state index < -0.39 is 17.7 Å². The van der Waals surface area contributed by atoms with E-state index in [1.807, 2.05) is 0 Å². The lowest BCUT2D eigenvalue weighted by molar-refractivity contribution is 0.383. The Morgan fingerprint density at radius 3 is 2.53 bits per heavy atom. The van der Waals surface area contributed by atoms with Crippen molar-refractivity contribution >= 4 is 11.6 Å². The Bertz CT molecular complexity index is 604. The molecule has 0 aliphatic heterocycles. The van der Waals surface area contributed by atoms with Gasteiger partial charge in [0.2, 0.25) is 0 Å². The van der Waals surface area contributed by atoms with Crippen molar-refractivity contribution in [3.8, 4) is 5.75 Å². The highest BCUT2D eigenvalue weighted by molar-refractivity contribution is 6.31. The van der Waals surface area contributed by atoms with Crippen LogP contribution in [0.15, 0.2) is 36.4 Å². The summed E-state index contributed by atoms with van der Waals surface area (Å²) < 4.78 is 32.0. The summed E-state index contributed by atoms with van der Waals surface area (Å²) >= 11 is 5.93. The molecule has 1 unspecified atom stereocenters. The SMILES string of the molecule is COc1cccc(C(N)c2ccc(F)cc2Cl)c1F. The quantitative estimate of drug-likeness (QED) is 0.933. The summed E-state index contributed by atoms with van der Waals surface area (Å²) in [6.45, 7) is 0. The maximum Gasteiger partial charge on any atom is 0.170 e. The van der Waals surface area contributed by atoms with Gasteiger partial charge in [0, 0.05) is 10.6 Å². The number of hydrogen-bond acceptors (Lipinski definition) is 2. The highest BCUT2D eigenvalue weighted by atomic mass is 35.5. The lowest BCUT2D eigenvalue weighted by Gasteiger charge is -2.16. The summed E-state index contributed by atoms with van der Waals surface area (Å²) in [5, 5.41) is 0.162. The highest BCUT2D eigenvalue weighted by Crippen LogP contribution is 2.31. The monoisotopic (exact) mass is 283 g/mol. The molecule has 0 aliphatic carbocycles. The molecule has 0 saturated carbocycles. The van der Waals surface area contributed by atoms with Gasteiger partial charge < -0.3 is 10.5 Å². The lowest BCUT2D eigenvalue weighted by Crippen LogP contribution is -2.14. The van der Waals surface area contributed by atoms with Crippen LogP contribution in [-0.2, 0) is 0 Å². The lowest BCUT2D eigenvalue weighted by atomic mass is 9.98. The third kappa shape index (κ3) is 2.69. The Morgan fingerprint density at radius 1 is 1.16 bits per heavy atom. The first-order valence-corrected chi connectivity index (χ1v) is 5.95. The minimum Gasteiger partial charge on any atom is -0.494 e. The van der Waals surface area contributed by atoms with Gasteiger partial charge in [0.05, 0.1) is 13.2 Å². The van der Waals surface area contributed by atoms with Crippen molar-refractivity contribution in [2.45, 2.75) is 6.04 Å². The number of nitrogens with two attached hydrogens (primary N) is 1. The molecular formula is C14H12ClF2NO. The minimum atomic E-state index is -0.789. The first-order valence-electron chi connectivity index (χ1n) is 5.57. The second kappa shape index (κ2) is 5.55. The van der Waals surface area contributed by atoms with Crippen LogP contribution in [0.25, 0.3) is 0 Å². The zero-order valence-electron chi connectivity index (χ0n) is 10.2. The molecule has 0 bridgehead atoms. The van der Waals surface area contributed by atoms with Gasteiger partial charge in [-0.1, -0.05) is 29.8 Å². The molecule has 2 N–H and O–H groups in total. The van der Waals surface area contributed by atoms with E-state index in [0.717, 1.165) is 6.07 Å². The smallest absolute Gasteiger partial charge is 0.170 e. The molecule has 5 heteroatoms. The molecule has 0 fully saturated rings. The van der Waals surface area contributed by atoms with Gasteiger partial charge >= 0.3 is 0 Å². The Kier molecular flexibility index (Phi) is 4.02. The van der Waals surface area contributed by atoms with Crippen molar-refractivity contribution < 1.29 is 13.5 Å². The second-order valence-electron chi connectivity index (χ2n) is 4.01. The van der Waals surface area contributed by atoms with E-state index in [2.05, 4.69) is 0 Å². The standard InChI is InChI=1S/C14H12ClF2NO/c1-19-12-4-2-3-10(13(12)17)14(18)9-6-5-8(16)7-11(9)15/h2-7,14H,18H2,1H3. The summed E-state index contributed by atoms with van der Waals surface area (Å²) in [5.74, 6) is -0.906. The largest absolute Gasteiger partial charge is 0.494 e. The molecule has 2 aromatic carbocycles. The van der Waals surface area contributed by atoms with Gasteiger partial charge in [0.25, 0.3) is 0 Å². The molecule has 0 radical (unpaired) electrons. The zero-order chi connectivity index (χ0) is 14.0. The van der Waals surface area contributed by atoms with E-state index >= 15 is 0 Å². The highest BCUT2D eigenvalue weighted by Gasteiger charge is 2.19. The third-order valence-electron chi connectivity index (χ3n) is 2.85. The number of hydrogen-bond donors (Lipinski definition) is 1. The van der Waals surface area contributed by atoms with Crippen LogP contribution < -0.4 is 10.5 Å². The van der Waals surface area contributed by atoms with Crippen molar-refractivity contribution in [1.82, 2.24) is 0 Å². The Morgan fingerprint density at radius 2 is 1.89 bits per heavy atom. The van der Waals surface area contributed by atoms with Crippen molar-refractivity contribution in [2.75, 3.05) is 7.11 Å². The average molecular weight is 284 g/mol. The van der Waals surface area contributed by atoms with Crippen LogP contribution in [0.1, 0.15) is 17.2 Å². The fourth-order valence-electron chi connectivity index (χ4n) is 1.85. The van der Waals surface area contributed by atoms with Gasteiger partial charge in [-0.05, 0) is 23.8 Å². The number of halogens is 3. The zero-order valence-corrected chi connectivity index (χ0v) is 10.9. The van der Waals surface area contributed by atoms with Crippen LogP contribution >= 0.6 is 11.6 Å². The summed E-state index contributed by atoms with van der Waals surface area (Å²) in [5.41, 5.74) is 6.69. The molecule has 100 valence electrons. The normalized spacial score (nSPS) is 12.3. The van der Waals surface area contributed by atoms with Crippen molar-refractivity contribution in [2.24, 2.45) is 5.73 Å². The first kappa shape index (κ1) is 13.8. The predicted molar refractivity (Wildman–Crippen MR) is 70.4 cm³/mol. The Hall–Kier alpha value is -1.65. The second-order valence-corrected chi connectivity index (χ2v) is 4.41. The van der Waals surface area contributed by atoms with Gasteiger partial charge in [-0.3, -0.25) is 0 Å². The van der Waals surface area contributed by atoms with Gasteiger partial charge in [-0.15, -0.1) is 0 Å². The maximum absolute atomic E-state index is 14.1. The first-order chi connectivity index (χ1) is 9.04. The van der Waals surface area contributed by atoms with E-state index in [1.54, 1.807) is 12.1 Å². The minimum absolute atomic E-state index is 0.103. The molecule has 1 atom stereocenters. The summed E-state index contributed by atoms with van der Waals surface area (Å²) in [7, 11) is 1.37. The molecule has 0 spiro atoms. The molecule has 19 heavy (non-hydrogen) atoms.